The first kappa shape index (κ1) is 16.9. The van der Waals surface area contributed by atoms with Crippen molar-refractivity contribution in [2.45, 2.75) is 51.3 Å². The Morgan fingerprint density at radius 1 is 1.26 bits per heavy atom. The topological polar surface area (TPSA) is 67.4 Å². The lowest BCUT2D eigenvalue weighted by atomic mass is 10.0. The highest BCUT2D eigenvalue weighted by Gasteiger charge is 2.42. The summed E-state index contributed by atoms with van der Waals surface area (Å²) in [6.45, 7) is 7.49. The molecule has 0 radical (unpaired) electrons. The van der Waals surface area contributed by atoms with Gasteiger partial charge in [0, 0.05) is 32.8 Å². The van der Waals surface area contributed by atoms with Crippen LogP contribution in [0.1, 0.15) is 40.0 Å². The van der Waals surface area contributed by atoms with Crippen LogP contribution in [0, 0.1) is 5.41 Å². The van der Waals surface area contributed by atoms with E-state index in [-0.39, 0.29) is 5.41 Å². The monoisotopic (exact) mass is 292 g/mol. The van der Waals surface area contributed by atoms with Crippen molar-refractivity contribution in [1.29, 1.82) is 0 Å². The Labute approximate surface area is 117 Å². The molecule has 0 aromatic heterocycles. The van der Waals surface area contributed by atoms with Crippen molar-refractivity contribution in [1.82, 2.24) is 10.0 Å². The van der Waals surface area contributed by atoms with Crippen LogP contribution in [-0.2, 0) is 14.8 Å². The predicted molar refractivity (Wildman–Crippen MR) is 77.7 cm³/mol. The van der Waals surface area contributed by atoms with Gasteiger partial charge in [-0.3, -0.25) is 0 Å². The van der Waals surface area contributed by atoms with Crippen molar-refractivity contribution in [3.63, 3.8) is 0 Å². The molecule has 1 aliphatic carbocycles. The summed E-state index contributed by atoms with van der Waals surface area (Å²) in [7, 11) is -1.55. The number of sulfonamides is 1. The van der Waals surface area contributed by atoms with Gasteiger partial charge >= 0.3 is 0 Å². The highest BCUT2D eigenvalue weighted by atomic mass is 32.2. The Bertz CT molecular complexity index is 364. The van der Waals surface area contributed by atoms with Gasteiger partial charge in [-0.15, -0.1) is 0 Å². The SMILES string of the molecule is COCCC1(CNS(=O)(=O)C(C)CNC(C)C)CC1. The van der Waals surface area contributed by atoms with Crippen LogP contribution in [0.15, 0.2) is 0 Å². The van der Waals surface area contributed by atoms with Crippen LogP contribution in [-0.4, -0.2) is 46.5 Å². The summed E-state index contributed by atoms with van der Waals surface area (Å²) in [6.07, 6.45) is 3.12. The fraction of sp³-hybridized carbons (Fsp3) is 1.00. The van der Waals surface area contributed by atoms with Gasteiger partial charge in [0.25, 0.3) is 0 Å². The van der Waals surface area contributed by atoms with E-state index in [1.54, 1.807) is 14.0 Å². The van der Waals surface area contributed by atoms with Crippen LogP contribution in [0.3, 0.4) is 0 Å². The molecule has 0 aromatic carbocycles. The second-order valence-corrected chi connectivity index (χ2v) is 8.17. The van der Waals surface area contributed by atoms with E-state index in [4.69, 9.17) is 4.74 Å². The molecule has 0 aliphatic heterocycles. The van der Waals surface area contributed by atoms with Crippen LogP contribution >= 0.6 is 0 Å². The highest BCUT2D eigenvalue weighted by Crippen LogP contribution is 2.48. The molecule has 114 valence electrons. The summed E-state index contributed by atoms with van der Waals surface area (Å²) < 4.78 is 32.1. The number of hydrogen-bond acceptors (Lipinski definition) is 4. The molecule has 19 heavy (non-hydrogen) atoms. The molecule has 1 atom stereocenters. The minimum Gasteiger partial charge on any atom is -0.385 e. The van der Waals surface area contributed by atoms with E-state index in [0.29, 0.717) is 25.7 Å². The minimum absolute atomic E-state index is 0.147. The lowest BCUT2D eigenvalue weighted by molar-refractivity contribution is 0.173. The fourth-order valence-electron chi connectivity index (χ4n) is 1.92. The summed E-state index contributed by atoms with van der Waals surface area (Å²) in [4.78, 5) is 0. The summed E-state index contributed by atoms with van der Waals surface area (Å²) in [5, 5.41) is 2.75. The number of nitrogens with one attached hydrogen (secondary N) is 2. The third kappa shape index (κ3) is 5.77. The standard InChI is InChI=1S/C13H28N2O3S/c1-11(2)14-9-12(3)19(16,17)15-10-13(5-6-13)7-8-18-4/h11-12,14-15H,5-10H2,1-4H3. The van der Waals surface area contributed by atoms with Crippen molar-refractivity contribution in [2.24, 2.45) is 5.41 Å². The third-order valence-corrected chi connectivity index (χ3v) is 5.56. The largest absolute Gasteiger partial charge is 0.385 e. The smallest absolute Gasteiger partial charge is 0.215 e. The lowest BCUT2D eigenvalue weighted by Gasteiger charge is -2.19. The summed E-state index contributed by atoms with van der Waals surface area (Å²) in [5.74, 6) is 0. The predicted octanol–water partition coefficient (Wildman–Crippen LogP) is 1.11. The van der Waals surface area contributed by atoms with Crippen LogP contribution in [0.4, 0.5) is 0 Å². The molecule has 1 unspecified atom stereocenters. The second-order valence-electron chi connectivity index (χ2n) is 5.98. The van der Waals surface area contributed by atoms with Gasteiger partial charge in [0.2, 0.25) is 10.0 Å². The molecule has 0 aromatic rings. The summed E-state index contributed by atoms with van der Waals surface area (Å²) in [6, 6.07) is 0.300. The van der Waals surface area contributed by atoms with Gasteiger partial charge in [0.05, 0.1) is 5.25 Å². The molecular weight excluding hydrogens is 264 g/mol. The van der Waals surface area contributed by atoms with Gasteiger partial charge in [-0.1, -0.05) is 13.8 Å². The molecule has 6 heteroatoms. The Kier molecular flexibility index (Phi) is 6.23. The quantitative estimate of drug-likeness (QED) is 0.633. The van der Waals surface area contributed by atoms with E-state index in [0.717, 1.165) is 19.3 Å². The van der Waals surface area contributed by atoms with Crippen molar-refractivity contribution in [2.75, 3.05) is 26.8 Å². The maximum atomic E-state index is 12.1. The van der Waals surface area contributed by atoms with Gasteiger partial charge in [-0.2, -0.15) is 0 Å². The molecule has 0 bridgehead atoms. The van der Waals surface area contributed by atoms with E-state index < -0.39 is 15.3 Å². The molecule has 0 saturated heterocycles. The molecule has 1 rings (SSSR count). The normalized spacial score (nSPS) is 19.6. The molecule has 0 amide bonds. The molecule has 0 heterocycles. The molecule has 2 N–H and O–H groups in total. The van der Waals surface area contributed by atoms with Crippen LogP contribution in [0.2, 0.25) is 0 Å². The van der Waals surface area contributed by atoms with Gasteiger partial charge in [0.15, 0.2) is 0 Å². The van der Waals surface area contributed by atoms with E-state index in [9.17, 15) is 8.42 Å². The van der Waals surface area contributed by atoms with E-state index in [2.05, 4.69) is 10.0 Å². The maximum Gasteiger partial charge on any atom is 0.215 e. The van der Waals surface area contributed by atoms with Gasteiger partial charge in [-0.25, -0.2) is 13.1 Å². The third-order valence-electron chi connectivity index (χ3n) is 3.79. The van der Waals surface area contributed by atoms with Gasteiger partial charge in [0.1, 0.15) is 0 Å². The van der Waals surface area contributed by atoms with Crippen molar-refractivity contribution >= 4 is 10.0 Å². The Morgan fingerprint density at radius 2 is 1.89 bits per heavy atom. The average molecular weight is 292 g/mol. The molecule has 0 spiro atoms. The maximum absolute atomic E-state index is 12.1. The molecule has 5 nitrogen and oxygen atoms in total. The number of hydrogen-bond donors (Lipinski definition) is 2. The van der Waals surface area contributed by atoms with E-state index in [1.807, 2.05) is 13.8 Å². The van der Waals surface area contributed by atoms with Crippen LogP contribution in [0.25, 0.3) is 0 Å². The first-order valence-corrected chi connectivity index (χ1v) is 8.57. The van der Waals surface area contributed by atoms with Gasteiger partial charge < -0.3 is 10.1 Å². The van der Waals surface area contributed by atoms with E-state index in [1.165, 1.54) is 0 Å². The molecule has 1 fully saturated rings. The Hall–Kier alpha value is -0.170. The van der Waals surface area contributed by atoms with E-state index >= 15 is 0 Å². The Balaban J connectivity index is 2.38. The number of ether oxygens (including phenoxy) is 1. The summed E-state index contributed by atoms with van der Waals surface area (Å²) in [5.41, 5.74) is 0.147. The number of rotatable bonds is 10. The molecular formula is C13H28N2O3S. The molecule has 1 saturated carbocycles. The first-order valence-electron chi connectivity index (χ1n) is 7.02. The zero-order valence-electron chi connectivity index (χ0n) is 12.5. The first-order chi connectivity index (χ1) is 8.81. The second kappa shape index (κ2) is 7.02. The fourth-order valence-corrected chi connectivity index (χ4v) is 3.03. The zero-order valence-corrected chi connectivity index (χ0v) is 13.3. The van der Waals surface area contributed by atoms with Crippen molar-refractivity contribution < 1.29 is 13.2 Å². The van der Waals surface area contributed by atoms with Crippen LogP contribution in [0.5, 0.6) is 0 Å². The zero-order chi connectivity index (χ0) is 14.5. The lowest BCUT2D eigenvalue weighted by Crippen LogP contribution is -2.42. The van der Waals surface area contributed by atoms with Crippen molar-refractivity contribution in [3.8, 4) is 0 Å². The molecule has 1 aliphatic rings. The number of methoxy groups -OCH3 is 1. The minimum atomic E-state index is -3.23. The van der Waals surface area contributed by atoms with Crippen molar-refractivity contribution in [3.05, 3.63) is 0 Å². The average Bonchev–Trinajstić information content (AvgIpc) is 3.12. The van der Waals surface area contributed by atoms with Gasteiger partial charge in [-0.05, 0) is 31.6 Å². The Morgan fingerprint density at radius 3 is 2.37 bits per heavy atom. The van der Waals surface area contributed by atoms with Crippen LogP contribution < -0.4 is 10.0 Å². The summed E-state index contributed by atoms with van der Waals surface area (Å²) >= 11 is 0. The highest BCUT2D eigenvalue weighted by molar-refractivity contribution is 7.90.